The molecular weight excluding hydrogens is 242 g/mol. The van der Waals surface area contributed by atoms with Crippen molar-refractivity contribution in [1.29, 1.82) is 0 Å². The van der Waals surface area contributed by atoms with Crippen LogP contribution in [0, 0.1) is 0 Å². The summed E-state index contributed by atoms with van der Waals surface area (Å²) in [6.07, 6.45) is 1.81. The Morgan fingerprint density at radius 2 is 2.31 bits per heavy atom. The normalized spacial score (nSPS) is 27.9. The summed E-state index contributed by atoms with van der Waals surface area (Å²) in [5.41, 5.74) is 0. The van der Waals surface area contributed by atoms with Crippen LogP contribution in [-0.2, 0) is 13.5 Å². The van der Waals surface area contributed by atoms with Crippen molar-refractivity contribution < 1.29 is 5.11 Å². The van der Waals surface area contributed by atoms with Gasteiger partial charge < -0.3 is 5.11 Å². The Bertz CT molecular complexity index is 345. The number of hydrogen-bond acceptors (Lipinski definition) is 5. The lowest BCUT2D eigenvalue weighted by Crippen LogP contribution is -2.36. The van der Waals surface area contributed by atoms with Gasteiger partial charge in [0, 0.05) is 35.5 Å². The standard InChI is InChI=1S/C10H17N3OS2/c1-7-10(16-4-3-15-7)8(14)5-9-11-6-12-13(9)2/h6-8,10,14H,3-5H2,1-2H3. The van der Waals surface area contributed by atoms with Crippen molar-refractivity contribution in [2.24, 2.45) is 7.05 Å². The number of nitrogens with zero attached hydrogens (tertiary/aromatic N) is 3. The summed E-state index contributed by atoms with van der Waals surface area (Å²) >= 11 is 3.83. The molecule has 90 valence electrons. The van der Waals surface area contributed by atoms with Gasteiger partial charge in [0.1, 0.15) is 12.2 Å². The number of aliphatic hydroxyl groups is 1. The van der Waals surface area contributed by atoms with Crippen molar-refractivity contribution >= 4 is 23.5 Å². The van der Waals surface area contributed by atoms with Crippen LogP contribution in [0.15, 0.2) is 6.33 Å². The fourth-order valence-corrected chi connectivity index (χ4v) is 4.73. The highest BCUT2D eigenvalue weighted by molar-refractivity contribution is 8.07. The molecule has 0 spiro atoms. The third-order valence-electron chi connectivity index (χ3n) is 2.81. The molecule has 16 heavy (non-hydrogen) atoms. The Labute approximate surface area is 104 Å². The predicted octanol–water partition coefficient (Wildman–Crippen LogP) is 0.956. The quantitative estimate of drug-likeness (QED) is 0.876. The summed E-state index contributed by atoms with van der Waals surface area (Å²) in [7, 11) is 1.86. The van der Waals surface area contributed by atoms with Crippen LogP contribution in [-0.4, -0.2) is 48.0 Å². The molecule has 1 fully saturated rings. The Morgan fingerprint density at radius 3 is 2.94 bits per heavy atom. The van der Waals surface area contributed by atoms with E-state index < -0.39 is 0 Å². The van der Waals surface area contributed by atoms with Gasteiger partial charge in [-0.05, 0) is 0 Å². The molecule has 3 unspecified atom stereocenters. The molecule has 1 aliphatic rings. The molecule has 1 aliphatic heterocycles. The molecule has 0 bridgehead atoms. The first-order chi connectivity index (χ1) is 7.68. The molecule has 1 aromatic heterocycles. The molecule has 0 saturated carbocycles. The van der Waals surface area contributed by atoms with Crippen molar-refractivity contribution in [2.45, 2.75) is 29.9 Å². The van der Waals surface area contributed by atoms with E-state index in [-0.39, 0.29) is 6.10 Å². The molecule has 4 nitrogen and oxygen atoms in total. The zero-order valence-electron chi connectivity index (χ0n) is 9.54. The molecule has 1 aromatic rings. The lowest BCUT2D eigenvalue weighted by atomic mass is 10.1. The smallest absolute Gasteiger partial charge is 0.138 e. The van der Waals surface area contributed by atoms with Crippen LogP contribution < -0.4 is 0 Å². The van der Waals surface area contributed by atoms with E-state index in [1.54, 1.807) is 4.68 Å². The Hall–Kier alpha value is -0.200. The Morgan fingerprint density at radius 1 is 1.56 bits per heavy atom. The second-order valence-corrected chi connectivity index (χ2v) is 6.75. The summed E-state index contributed by atoms with van der Waals surface area (Å²) in [4.78, 5) is 4.15. The maximum atomic E-state index is 10.2. The largest absolute Gasteiger partial charge is 0.391 e. The predicted molar refractivity (Wildman–Crippen MR) is 68.9 cm³/mol. The van der Waals surface area contributed by atoms with Gasteiger partial charge in [0.2, 0.25) is 0 Å². The van der Waals surface area contributed by atoms with Gasteiger partial charge >= 0.3 is 0 Å². The van der Waals surface area contributed by atoms with E-state index >= 15 is 0 Å². The third kappa shape index (κ3) is 2.73. The maximum Gasteiger partial charge on any atom is 0.138 e. The van der Waals surface area contributed by atoms with Crippen LogP contribution in [0.1, 0.15) is 12.7 Å². The zero-order valence-corrected chi connectivity index (χ0v) is 11.2. The second-order valence-electron chi connectivity index (χ2n) is 3.98. The van der Waals surface area contributed by atoms with Crippen molar-refractivity contribution in [3.63, 3.8) is 0 Å². The molecule has 2 heterocycles. The average molecular weight is 259 g/mol. The fraction of sp³-hybridized carbons (Fsp3) is 0.800. The maximum absolute atomic E-state index is 10.2. The number of thioether (sulfide) groups is 2. The molecule has 1 saturated heterocycles. The minimum Gasteiger partial charge on any atom is -0.391 e. The van der Waals surface area contributed by atoms with Crippen molar-refractivity contribution in [2.75, 3.05) is 11.5 Å². The number of hydrogen-bond donors (Lipinski definition) is 1. The lowest BCUT2D eigenvalue weighted by Gasteiger charge is -2.31. The average Bonchev–Trinajstić information content (AvgIpc) is 2.65. The molecule has 0 aliphatic carbocycles. The second kappa shape index (κ2) is 5.42. The van der Waals surface area contributed by atoms with E-state index in [9.17, 15) is 5.11 Å². The highest BCUT2D eigenvalue weighted by Gasteiger charge is 2.29. The number of rotatable bonds is 3. The topological polar surface area (TPSA) is 50.9 Å². The first-order valence-electron chi connectivity index (χ1n) is 5.42. The summed E-state index contributed by atoms with van der Waals surface area (Å²) in [6, 6.07) is 0. The van der Waals surface area contributed by atoms with Gasteiger partial charge in [-0.25, -0.2) is 4.98 Å². The van der Waals surface area contributed by atoms with Gasteiger partial charge in [-0.15, -0.1) is 0 Å². The van der Waals surface area contributed by atoms with Gasteiger partial charge in [-0.3, -0.25) is 4.68 Å². The summed E-state index contributed by atoms with van der Waals surface area (Å²) in [5.74, 6) is 3.19. The number of aryl methyl sites for hydroxylation is 1. The first-order valence-corrected chi connectivity index (χ1v) is 7.52. The molecule has 6 heteroatoms. The van der Waals surface area contributed by atoms with Crippen molar-refractivity contribution in [3.8, 4) is 0 Å². The molecule has 0 radical (unpaired) electrons. The minimum atomic E-state index is -0.323. The van der Waals surface area contributed by atoms with Gasteiger partial charge in [-0.1, -0.05) is 6.92 Å². The Balaban J connectivity index is 1.96. The van der Waals surface area contributed by atoms with Crippen molar-refractivity contribution in [1.82, 2.24) is 14.8 Å². The lowest BCUT2D eigenvalue weighted by molar-refractivity contribution is 0.167. The summed E-state index contributed by atoms with van der Waals surface area (Å²) in [6.45, 7) is 2.20. The molecule has 0 amide bonds. The molecule has 0 aromatic carbocycles. The van der Waals surface area contributed by atoms with Crippen LogP contribution in [0.5, 0.6) is 0 Å². The third-order valence-corrected chi connectivity index (χ3v) is 6.05. The Kier molecular flexibility index (Phi) is 4.16. The van der Waals surface area contributed by atoms with E-state index in [0.717, 1.165) is 11.6 Å². The molecular formula is C10H17N3OS2. The minimum absolute atomic E-state index is 0.315. The first kappa shape index (κ1) is 12.3. The molecule has 3 atom stereocenters. The van der Waals surface area contributed by atoms with E-state index in [2.05, 4.69) is 17.0 Å². The van der Waals surface area contributed by atoms with E-state index in [0.29, 0.717) is 16.9 Å². The number of aliphatic hydroxyl groups excluding tert-OH is 1. The van der Waals surface area contributed by atoms with E-state index in [4.69, 9.17) is 0 Å². The monoisotopic (exact) mass is 259 g/mol. The highest BCUT2D eigenvalue weighted by Crippen LogP contribution is 2.33. The van der Waals surface area contributed by atoms with Crippen LogP contribution in [0.4, 0.5) is 0 Å². The fourth-order valence-electron chi connectivity index (χ4n) is 1.88. The van der Waals surface area contributed by atoms with Gasteiger partial charge in [-0.2, -0.15) is 28.6 Å². The van der Waals surface area contributed by atoms with Crippen LogP contribution in [0.25, 0.3) is 0 Å². The van der Waals surface area contributed by atoms with Crippen LogP contribution in [0.2, 0.25) is 0 Å². The van der Waals surface area contributed by atoms with Crippen LogP contribution in [0.3, 0.4) is 0 Å². The van der Waals surface area contributed by atoms with Gasteiger partial charge in [0.05, 0.1) is 6.10 Å². The van der Waals surface area contributed by atoms with Crippen molar-refractivity contribution in [3.05, 3.63) is 12.2 Å². The summed E-state index contributed by atoms with van der Waals surface area (Å²) < 4.78 is 1.73. The molecule has 2 rings (SSSR count). The van der Waals surface area contributed by atoms with E-state index in [1.807, 2.05) is 30.6 Å². The SMILES string of the molecule is CC1SCCSC1C(O)Cc1ncnn1C. The van der Waals surface area contributed by atoms with E-state index in [1.165, 1.54) is 12.1 Å². The molecule has 1 N–H and O–H groups in total. The zero-order chi connectivity index (χ0) is 11.5. The highest BCUT2D eigenvalue weighted by atomic mass is 32.2. The van der Waals surface area contributed by atoms with Gasteiger partial charge in [0.15, 0.2) is 0 Å². The number of aromatic nitrogens is 3. The van der Waals surface area contributed by atoms with Gasteiger partial charge in [0.25, 0.3) is 0 Å². The van der Waals surface area contributed by atoms with Crippen LogP contribution >= 0.6 is 23.5 Å². The summed E-state index contributed by atoms with van der Waals surface area (Å²) in [5, 5.41) is 15.1.